The summed E-state index contributed by atoms with van der Waals surface area (Å²) in [6, 6.07) is 19.5. The second kappa shape index (κ2) is 9.12. The number of imidazole rings is 1. The van der Waals surface area contributed by atoms with Crippen LogP contribution >= 0.6 is 11.6 Å². The topological polar surface area (TPSA) is 104 Å². The number of benzene rings is 3. The molecule has 0 saturated heterocycles. The van der Waals surface area contributed by atoms with E-state index in [9.17, 15) is 13.2 Å². The van der Waals surface area contributed by atoms with Crippen LogP contribution in [0.25, 0.3) is 22.4 Å². The fourth-order valence-electron chi connectivity index (χ4n) is 3.16. The van der Waals surface area contributed by atoms with Crippen molar-refractivity contribution in [2.45, 2.75) is 18.2 Å². The minimum atomic E-state index is -3.79. The highest BCUT2D eigenvalue weighted by molar-refractivity contribution is 7.89. The molecule has 3 N–H and O–H groups in total. The van der Waals surface area contributed by atoms with Crippen LogP contribution in [-0.2, 0) is 14.8 Å². The predicted molar refractivity (Wildman–Crippen MR) is 126 cm³/mol. The SMILES string of the molecule is Cc1ccc(NC(=O)CCNS(=O)(=O)c2ccc3nc(-c4ccccc4)[nH]c3c2)cc1Cl. The van der Waals surface area contributed by atoms with Gasteiger partial charge in [0, 0.05) is 29.2 Å². The smallest absolute Gasteiger partial charge is 0.240 e. The molecule has 32 heavy (non-hydrogen) atoms. The molecule has 164 valence electrons. The van der Waals surface area contributed by atoms with E-state index in [1.165, 1.54) is 12.1 Å². The fourth-order valence-corrected chi connectivity index (χ4v) is 4.40. The van der Waals surface area contributed by atoms with Gasteiger partial charge in [0.25, 0.3) is 0 Å². The van der Waals surface area contributed by atoms with Crippen LogP contribution in [0.5, 0.6) is 0 Å². The van der Waals surface area contributed by atoms with Crippen molar-refractivity contribution >= 4 is 44.3 Å². The van der Waals surface area contributed by atoms with Crippen LogP contribution in [0.3, 0.4) is 0 Å². The van der Waals surface area contributed by atoms with Crippen LogP contribution in [0.1, 0.15) is 12.0 Å². The van der Waals surface area contributed by atoms with Crippen molar-refractivity contribution < 1.29 is 13.2 Å². The molecule has 0 aliphatic rings. The Balaban J connectivity index is 1.40. The van der Waals surface area contributed by atoms with Crippen molar-refractivity contribution in [1.82, 2.24) is 14.7 Å². The van der Waals surface area contributed by atoms with Gasteiger partial charge in [-0.25, -0.2) is 18.1 Å². The number of fused-ring (bicyclic) bond motifs is 1. The quantitative estimate of drug-likeness (QED) is 0.371. The Bertz CT molecular complexity index is 1390. The molecule has 4 aromatic rings. The number of hydrogen-bond acceptors (Lipinski definition) is 4. The molecule has 0 radical (unpaired) electrons. The average molecular weight is 469 g/mol. The minimum absolute atomic E-state index is 0.0187. The largest absolute Gasteiger partial charge is 0.338 e. The zero-order chi connectivity index (χ0) is 22.7. The van der Waals surface area contributed by atoms with Gasteiger partial charge in [-0.05, 0) is 42.8 Å². The number of amides is 1. The molecule has 3 aromatic carbocycles. The highest BCUT2D eigenvalue weighted by atomic mass is 35.5. The first-order valence-electron chi connectivity index (χ1n) is 9.93. The maximum atomic E-state index is 12.7. The summed E-state index contributed by atoms with van der Waals surface area (Å²) in [4.78, 5) is 19.9. The van der Waals surface area contributed by atoms with Crippen LogP contribution in [0.15, 0.2) is 71.6 Å². The molecule has 0 saturated carbocycles. The molecule has 4 rings (SSSR count). The highest BCUT2D eigenvalue weighted by Gasteiger charge is 2.16. The zero-order valence-electron chi connectivity index (χ0n) is 17.2. The normalized spacial score (nSPS) is 11.6. The Morgan fingerprint density at radius 1 is 1.06 bits per heavy atom. The zero-order valence-corrected chi connectivity index (χ0v) is 18.8. The number of carbonyl (C=O) groups excluding carboxylic acids is 1. The van der Waals surface area contributed by atoms with E-state index in [0.29, 0.717) is 27.6 Å². The van der Waals surface area contributed by atoms with Crippen LogP contribution in [0.2, 0.25) is 5.02 Å². The molecule has 1 heterocycles. The molecule has 0 unspecified atom stereocenters. The average Bonchev–Trinajstić information content (AvgIpc) is 3.20. The van der Waals surface area contributed by atoms with Crippen molar-refractivity contribution in [3.8, 4) is 11.4 Å². The number of aryl methyl sites for hydroxylation is 1. The standard InChI is InChI=1S/C23H21ClN4O3S/c1-15-7-8-17(13-19(15)24)26-22(29)11-12-25-32(30,31)18-9-10-20-21(14-18)28-23(27-20)16-5-3-2-4-6-16/h2-10,13-14,25H,11-12H2,1H3,(H,26,29)(H,27,28). The van der Waals surface area contributed by atoms with Crippen molar-refractivity contribution in [2.75, 3.05) is 11.9 Å². The molecule has 0 bridgehead atoms. The number of H-pyrrole nitrogens is 1. The van der Waals surface area contributed by atoms with Gasteiger partial charge in [0.2, 0.25) is 15.9 Å². The number of rotatable bonds is 7. The third kappa shape index (κ3) is 4.99. The third-order valence-electron chi connectivity index (χ3n) is 4.91. The first-order valence-corrected chi connectivity index (χ1v) is 11.8. The van der Waals surface area contributed by atoms with Gasteiger partial charge in [0.15, 0.2) is 0 Å². The molecule has 0 fully saturated rings. The minimum Gasteiger partial charge on any atom is -0.338 e. The van der Waals surface area contributed by atoms with E-state index in [2.05, 4.69) is 20.0 Å². The van der Waals surface area contributed by atoms with E-state index < -0.39 is 10.0 Å². The molecular weight excluding hydrogens is 448 g/mol. The maximum Gasteiger partial charge on any atom is 0.240 e. The lowest BCUT2D eigenvalue weighted by atomic mass is 10.2. The predicted octanol–water partition coefficient (Wildman–Crippen LogP) is 4.50. The number of sulfonamides is 1. The first kappa shape index (κ1) is 22.0. The van der Waals surface area contributed by atoms with Crippen LogP contribution in [0.4, 0.5) is 5.69 Å². The molecule has 7 nitrogen and oxygen atoms in total. The van der Waals surface area contributed by atoms with Gasteiger partial charge in [-0.1, -0.05) is 48.0 Å². The van der Waals surface area contributed by atoms with E-state index in [0.717, 1.165) is 11.1 Å². The van der Waals surface area contributed by atoms with E-state index in [1.807, 2.05) is 37.3 Å². The number of aromatic nitrogens is 2. The molecule has 1 amide bonds. The molecule has 0 spiro atoms. The second-order valence-electron chi connectivity index (χ2n) is 7.29. The number of halogens is 1. The van der Waals surface area contributed by atoms with Crippen LogP contribution in [-0.4, -0.2) is 30.8 Å². The van der Waals surface area contributed by atoms with E-state index in [1.54, 1.807) is 24.3 Å². The fraction of sp³-hybridized carbons (Fsp3) is 0.130. The summed E-state index contributed by atoms with van der Waals surface area (Å²) in [5, 5.41) is 3.26. The van der Waals surface area contributed by atoms with Crippen molar-refractivity contribution in [3.05, 3.63) is 77.3 Å². The number of anilines is 1. The van der Waals surface area contributed by atoms with Crippen LogP contribution < -0.4 is 10.0 Å². The molecule has 9 heteroatoms. The number of carbonyl (C=O) groups is 1. The van der Waals surface area contributed by atoms with Gasteiger partial charge in [-0.3, -0.25) is 4.79 Å². The third-order valence-corrected chi connectivity index (χ3v) is 6.78. The van der Waals surface area contributed by atoms with Crippen LogP contribution in [0, 0.1) is 6.92 Å². The molecule has 1 aromatic heterocycles. The van der Waals surface area contributed by atoms with E-state index in [4.69, 9.17) is 11.6 Å². The summed E-state index contributed by atoms with van der Waals surface area (Å²) in [5.74, 6) is 0.347. The Morgan fingerprint density at radius 3 is 2.59 bits per heavy atom. The number of hydrogen-bond donors (Lipinski definition) is 3. The van der Waals surface area contributed by atoms with Gasteiger partial charge in [0.1, 0.15) is 5.82 Å². The van der Waals surface area contributed by atoms with Crippen molar-refractivity contribution in [1.29, 1.82) is 0 Å². The van der Waals surface area contributed by atoms with E-state index in [-0.39, 0.29) is 23.8 Å². The Kier molecular flexibility index (Phi) is 6.27. The first-order chi connectivity index (χ1) is 15.3. The lowest BCUT2D eigenvalue weighted by Crippen LogP contribution is -2.27. The van der Waals surface area contributed by atoms with Gasteiger partial charge in [0.05, 0.1) is 15.9 Å². The summed E-state index contributed by atoms with van der Waals surface area (Å²) in [7, 11) is -3.79. The number of aromatic amines is 1. The summed E-state index contributed by atoms with van der Waals surface area (Å²) in [6.07, 6.45) is -0.0187. The lowest BCUT2D eigenvalue weighted by Gasteiger charge is -2.08. The summed E-state index contributed by atoms with van der Waals surface area (Å²) in [6.45, 7) is 1.83. The van der Waals surface area contributed by atoms with Gasteiger partial charge < -0.3 is 10.3 Å². The van der Waals surface area contributed by atoms with Gasteiger partial charge >= 0.3 is 0 Å². The Morgan fingerprint density at radius 2 is 1.84 bits per heavy atom. The molecule has 0 aliphatic carbocycles. The Hall–Kier alpha value is -3.20. The molecule has 0 aliphatic heterocycles. The summed E-state index contributed by atoms with van der Waals surface area (Å²) >= 11 is 6.06. The maximum absolute atomic E-state index is 12.7. The van der Waals surface area contributed by atoms with Crippen molar-refractivity contribution in [3.63, 3.8) is 0 Å². The lowest BCUT2D eigenvalue weighted by molar-refractivity contribution is -0.116. The van der Waals surface area contributed by atoms with Crippen molar-refractivity contribution in [2.24, 2.45) is 0 Å². The summed E-state index contributed by atoms with van der Waals surface area (Å²) < 4.78 is 27.8. The van der Waals surface area contributed by atoms with Gasteiger partial charge in [-0.2, -0.15) is 0 Å². The Labute approximate surface area is 190 Å². The second-order valence-corrected chi connectivity index (χ2v) is 9.46. The van der Waals surface area contributed by atoms with E-state index >= 15 is 0 Å². The molecular formula is C23H21ClN4O3S. The summed E-state index contributed by atoms with van der Waals surface area (Å²) in [5.41, 5.74) is 3.65. The molecule has 0 atom stereocenters. The van der Waals surface area contributed by atoms with Gasteiger partial charge in [-0.15, -0.1) is 0 Å². The number of nitrogens with zero attached hydrogens (tertiary/aromatic N) is 1. The highest BCUT2D eigenvalue weighted by Crippen LogP contribution is 2.23. The monoisotopic (exact) mass is 468 g/mol. The number of nitrogens with one attached hydrogen (secondary N) is 3.